The Morgan fingerprint density at radius 1 is 1.11 bits per heavy atom. The number of alkyl halides is 6. The number of rotatable bonds is 5. The Morgan fingerprint density at radius 2 is 1.70 bits per heavy atom. The number of hydrogen-bond acceptors (Lipinski definition) is 9. The number of anilines is 1. The van der Waals surface area contributed by atoms with E-state index in [2.05, 4.69) is 28.3 Å². The van der Waals surface area contributed by atoms with Gasteiger partial charge in [-0.1, -0.05) is 0 Å². The summed E-state index contributed by atoms with van der Waals surface area (Å²) in [6.07, 6.45) is -5.08. The highest BCUT2D eigenvalue weighted by Gasteiger charge is 2.38. The molecule has 0 unspecified atom stereocenters. The average molecular weight is 635 g/mol. The summed E-state index contributed by atoms with van der Waals surface area (Å²) < 4.78 is 70.9. The summed E-state index contributed by atoms with van der Waals surface area (Å²) in [7, 11) is 0. The van der Waals surface area contributed by atoms with Gasteiger partial charge in [-0.3, -0.25) is 0 Å². The van der Waals surface area contributed by atoms with Gasteiger partial charge in [0.05, 0.1) is 29.1 Å². The van der Waals surface area contributed by atoms with Crippen LogP contribution in [0.1, 0.15) is 26.3 Å². The fourth-order valence-electron chi connectivity index (χ4n) is 3.63. The lowest BCUT2D eigenvalue weighted by Gasteiger charge is -2.34. The second-order valence-corrected chi connectivity index (χ2v) is 9.91. The summed E-state index contributed by atoms with van der Waals surface area (Å²) in [5.41, 5.74) is 1.92. The molecule has 12 nitrogen and oxygen atoms in total. The van der Waals surface area contributed by atoms with Crippen LogP contribution in [0.5, 0.6) is 5.75 Å². The third-order valence-electron chi connectivity index (χ3n) is 5.64. The van der Waals surface area contributed by atoms with Crippen molar-refractivity contribution in [3.05, 3.63) is 42.4 Å². The SMILES string of the molecule is C[C@@H]1CNCCN1c1ccc(-c2cc(OCC(C)(C)O)cn3ncc(C#N)c23)cn1.O=C(O)C(F)(F)F.O=C(O)C(F)(F)F. The zero-order valence-electron chi connectivity index (χ0n) is 23.4. The van der Waals surface area contributed by atoms with Gasteiger partial charge in [-0.2, -0.15) is 36.7 Å². The van der Waals surface area contributed by atoms with Gasteiger partial charge in [-0.25, -0.2) is 19.1 Å². The Morgan fingerprint density at radius 3 is 2.16 bits per heavy atom. The van der Waals surface area contributed by atoms with Gasteiger partial charge in [-0.05, 0) is 39.0 Å². The molecule has 4 rings (SSSR count). The first-order valence-electron chi connectivity index (χ1n) is 12.5. The number of hydrogen-bond donors (Lipinski definition) is 4. The summed E-state index contributed by atoms with van der Waals surface area (Å²) in [6, 6.07) is 8.48. The summed E-state index contributed by atoms with van der Waals surface area (Å²) in [5.74, 6) is -4.01. The van der Waals surface area contributed by atoms with Crippen LogP contribution < -0.4 is 15.0 Å². The number of ether oxygens (including phenoxy) is 1. The molecule has 1 atom stereocenters. The molecule has 1 saturated heterocycles. The first-order chi connectivity index (χ1) is 20.2. The van der Waals surface area contributed by atoms with Crippen LogP contribution in [0.15, 0.2) is 36.8 Å². The van der Waals surface area contributed by atoms with Crippen LogP contribution >= 0.6 is 0 Å². The summed E-state index contributed by atoms with van der Waals surface area (Å²) in [5, 5.41) is 41.4. The van der Waals surface area contributed by atoms with E-state index in [1.807, 2.05) is 24.4 Å². The zero-order chi connectivity index (χ0) is 33.5. The fourth-order valence-corrected chi connectivity index (χ4v) is 3.63. The van der Waals surface area contributed by atoms with Gasteiger partial charge in [-0.15, -0.1) is 0 Å². The van der Waals surface area contributed by atoms with Crippen molar-refractivity contribution in [2.45, 2.75) is 44.8 Å². The fraction of sp³-hybridized carbons (Fsp3) is 0.423. The molecule has 0 aliphatic carbocycles. The maximum absolute atomic E-state index is 10.6. The highest BCUT2D eigenvalue weighted by Crippen LogP contribution is 2.32. The Bertz CT molecular complexity index is 1450. The third-order valence-corrected chi connectivity index (χ3v) is 5.64. The molecule has 3 aromatic heterocycles. The molecule has 0 saturated carbocycles. The van der Waals surface area contributed by atoms with Crippen molar-refractivity contribution < 1.29 is 56.0 Å². The predicted octanol–water partition coefficient (Wildman–Crippen LogP) is 3.48. The highest BCUT2D eigenvalue weighted by molar-refractivity contribution is 5.85. The van der Waals surface area contributed by atoms with Gasteiger partial charge in [0.2, 0.25) is 0 Å². The maximum Gasteiger partial charge on any atom is 0.490 e. The number of nitrogens with zero attached hydrogens (tertiary/aromatic N) is 5. The first-order valence-corrected chi connectivity index (χ1v) is 12.5. The molecule has 1 aliphatic heterocycles. The normalized spacial score (nSPS) is 15.3. The average Bonchev–Trinajstić information content (AvgIpc) is 3.34. The number of fused-ring (bicyclic) bond motifs is 1. The van der Waals surface area contributed by atoms with Crippen molar-refractivity contribution in [1.29, 1.82) is 5.26 Å². The summed E-state index contributed by atoms with van der Waals surface area (Å²) in [6.45, 7) is 8.49. The quantitative estimate of drug-likeness (QED) is 0.303. The van der Waals surface area contributed by atoms with Crippen LogP contribution in [-0.2, 0) is 9.59 Å². The number of halogens is 6. The van der Waals surface area contributed by atoms with Crippen molar-refractivity contribution in [2.75, 3.05) is 31.1 Å². The van der Waals surface area contributed by atoms with Crippen LogP contribution in [-0.4, -0.2) is 92.1 Å². The predicted molar refractivity (Wildman–Crippen MR) is 142 cm³/mol. The molecule has 0 amide bonds. The van der Waals surface area contributed by atoms with E-state index >= 15 is 0 Å². The lowest BCUT2D eigenvalue weighted by Crippen LogP contribution is -2.50. The lowest BCUT2D eigenvalue weighted by molar-refractivity contribution is -0.193. The number of carboxylic acid groups (broad SMARTS) is 2. The molecule has 4 N–H and O–H groups in total. The molecule has 240 valence electrons. The van der Waals surface area contributed by atoms with E-state index in [4.69, 9.17) is 29.5 Å². The molecule has 0 radical (unpaired) electrons. The van der Waals surface area contributed by atoms with E-state index < -0.39 is 29.9 Å². The van der Waals surface area contributed by atoms with Gasteiger partial charge in [0.25, 0.3) is 0 Å². The number of aromatic nitrogens is 3. The summed E-state index contributed by atoms with van der Waals surface area (Å²) in [4.78, 5) is 24.8. The van der Waals surface area contributed by atoms with E-state index in [0.717, 1.165) is 36.6 Å². The first kappa shape index (κ1) is 35.6. The van der Waals surface area contributed by atoms with E-state index in [-0.39, 0.29) is 6.61 Å². The van der Waals surface area contributed by atoms with Gasteiger partial charge in [0.1, 0.15) is 24.2 Å². The topological polar surface area (TPSA) is 173 Å². The van der Waals surface area contributed by atoms with Crippen molar-refractivity contribution in [3.63, 3.8) is 0 Å². The molecule has 0 aromatic carbocycles. The third kappa shape index (κ3) is 10.3. The van der Waals surface area contributed by atoms with Crippen LogP contribution in [0.25, 0.3) is 16.6 Å². The number of nitriles is 1. The number of aliphatic carboxylic acids is 2. The Labute approximate surface area is 246 Å². The van der Waals surface area contributed by atoms with Crippen LogP contribution in [0, 0.1) is 11.3 Å². The molecule has 0 bridgehead atoms. The maximum atomic E-state index is 10.6. The molecule has 1 aliphatic rings. The lowest BCUT2D eigenvalue weighted by atomic mass is 10.0. The Kier molecular flexibility index (Phi) is 11.5. The van der Waals surface area contributed by atoms with E-state index in [0.29, 0.717) is 22.9 Å². The van der Waals surface area contributed by atoms with Crippen molar-refractivity contribution in [2.24, 2.45) is 0 Å². The molecule has 0 spiro atoms. The standard InChI is InChI=1S/C22H26N6O2.2C2HF3O2/c1-15-10-24-6-7-27(15)20-5-4-16(11-25-20)19-8-18(30-14-22(2,3)29)13-28-21(19)17(9-23)12-26-28;2*3-2(4,5)1(6)7/h4-5,8,11-13,15,24,29H,6-7,10,14H2,1-3H3;2*(H,6,7)/t15-;;/m1../s1. The minimum absolute atomic E-state index is 0.141. The van der Waals surface area contributed by atoms with Gasteiger partial charge in [0, 0.05) is 43.0 Å². The Hall–Kier alpha value is -4.63. The number of piperazine rings is 1. The van der Waals surface area contributed by atoms with Crippen molar-refractivity contribution in [3.8, 4) is 22.9 Å². The monoisotopic (exact) mass is 634 g/mol. The zero-order valence-corrected chi connectivity index (χ0v) is 23.4. The van der Waals surface area contributed by atoms with Crippen LogP contribution in [0.2, 0.25) is 0 Å². The van der Waals surface area contributed by atoms with Gasteiger partial charge < -0.3 is 30.3 Å². The smallest absolute Gasteiger partial charge is 0.489 e. The largest absolute Gasteiger partial charge is 0.490 e. The minimum Gasteiger partial charge on any atom is -0.489 e. The molecule has 1 fully saturated rings. The van der Waals surface area contributed by atoms with Crippen molar-refractivity contribution >= 4 is 23.3 Å². The van der Waals surface area contributed by atoms with Gasteiger partial charge >= 0.3 is 24.3 Å². The number of pyridine rings is 2. The summed E-state index contributed by atoms with van der Waals surface area (Å²) >= 11 is 0. The molecule has 4 heterocycles. The highest BCUT2D eigenvalue weighted by atomic mass is 19.4. The minimum atomic E-state index is -5.08. The van der Waals surface area contributed by atoms with Gasteiger partial charge in [0.15, 0.2) is 0 Å². The molecular formula is C26H28F6N6O6. The number of carboxylic acids is 2. The van der Waals surface area contributed by atoms with Crippen molar-refractivity contribution in [1.82, 2.24) is 19.9 Å². The second kappa shape index (κ2) is 14.2. The van der Waals surface area contributed by atoms with Crippen LogP contribution in [0.4, 0.5) is 32.2 Å². The van der Waals surface area contributed by atoms with E-state index in [1.54, 1.807) is 30.8 Å². The number of carbonyl (C=O) groups is 2. The van der Waals surface area contributed by atoms with Crippen LogP contribution in [0.3, 0.4) is 0 Å². The van der Waals surface area contributed by atoms with E-state index in [1.165, 1.54) is 0 Å². The Balaban J connectivity index is 0.000000402. The number of aliphatic hydroxyl groups is 1. The molecule has 3 aromatic rings. The second-order valence-electron chi connectivity index (χ2n) is 9.91. The molecular weight excluding hydrogens is 606 g/mol. The molecule has 44 heavy (non-hydrogen) atoms. The van der Waals surface area contributed by atoms with E-state index in [9.17, 15) is 36.7 Å². The molecule has 18 heteroatoms. The number of nitrogens with one attached hydrogen (secondary N) is 1.